The zero-order chi connectivity index (χ0) is 16.0. The second-order valence-corrected chi connectivity index (χ2v) is 5.86. The molecule has 22 heavy (non-hydrogen) atoms. The van der Waals surface area contributed by atoms with Gasteiger partial charge in [-0.2, -0.15) is 0 Å². The molecule has 2 aromatic rings. The van der Waals surface area contributed by atoms with E-state index in [0.29, 0.717) is 11.4 Å². The molecule has 0 saturated heterocycles. The third kappa shape index (κ3) is 2.28. The van der Waals surface area contributed by atoms with Crippen LogP contribution in [0, 0.1) is 27.7 Å². The van der Waals surface area contributed by atoms with Gasteiger partial charge >= 0.3 is 0 Å². The van der Waals surface area contributed by atoms with Gasteiger partial charge in [0.25, 0.3) is 5.91 Å². The summed E-state index contributed by atoms with van der Waals surface area (Å²) in [5, 5.41) is 16.1. The molecule has 3 N–H and O–H groups in total. The Balaban J connectivity index is 2.04. The van der Waals surface area contributed by atoms with E-state index in [-0.39, 0.29) is 17.8 Å². The fourth-order valence-corrected chi connectivity index (χ4v) is 2.93. The number of carbonyl (C=O) groups is 1. The van der Waals surface area contributed by atoms with Crippen molar-refractivity contribution in [3.63, 3.8) is 0 Å². The molecule has 3 rings (SSSR count). The number of aromatic nitrogens is 1. The van der Waals surface area contributed by atoms with Gasteiger partial charge in [-0.05, 0) is 68.1 Å². The van der Waals surface area contributed by atoms with Crippen LogP contribution in [-0.4, -0.2) is 16.0 Å². The van der Waals surface area contributed by atoms with Crippen LogP contribution in [0.25, 0.3) is 0 Å². The highest BCUT2D eigenvalue weighted by atomic mass is 16.3. The second-order valence-electron chi connectivity index (χ2n) is 5.86. The standard InChI is InChI=1S/C17H19N3O2/c1-8-5-11(4)18-16-13(8)17(22)20-15(19-16)12-6-9(2)14(21)10(3)7-12/h5-7,15,21H,1-4H3,(H,18,19)(H,20,22). The first-order valence-electron chi connectivity index (χ1n) is 7.22. The van der Waals surface area contributed by atoms with Gasteiger partial charge in [-0.1, -0.05) is 0 Å². The van der Waals surface area contributed by atoms with Gasteiger partial charge in [-0.3, -0.25) is 4.79 Å². The van der Waals surface area contributed by atoms with Gasteiger partial charge in [0.05, 0.1) is 5.56 Å². The van der Waals surface area contributed by atoms with E-state index in [1.807, 2.05) is 45.9 Å². The summed E-state index contributed by atoms with van der Waals surface area (Å²) in [4.78, 5) is 16.8. The first-order valence-corrected chi connectivity index (χ1v) is 7.22. The molecule has 0 fully saturated rings. The van der Waals surface area contributed by atoms with Crippen molar-refractivity contribution in [3.05, 3.63) is 51.7 Å². The quantitative estimate of drug-likeness (QED) is 0.756. The summed E-state index contributed by atoms with van der Waals surface area (Å²) in [5.41, 5.74) is 4.83. The Bertz CT molecular complexity index is 761. The number of aromatic hydroxyl groups is 1. The molecule has 2 heterocycles. The van der Waals surface area contributed by atoms with Crippen molar-refractivity contribution in [2.24, 2.45) is 0 Å². The number of phenols is 1. The molecular formula is C17H19N3O2. The fourth-order valence-electron chi connectivity index (χ4n) is 2.93. The van der Waals surface area contributed by atoms with Gasteiger partial charge in [0.2, 0.25) is 0 Å². The minimum absolute atomic E-state index is 0.132. The third-order valence-corrected chi connectivity index (χ3v) is 3.97. The lowest BCUT2D eigenvalue weighted by molar-refractivity contribution is 0.0934. The van der Waals surface area contributed by atoms with E-state index in [4.69, 9.17) is 0 Å². The molecule has 0 spiro atoms. The Kier molecular flexibility index (Phi) is 3.28. The number of pyridine rings is 1. The van der Waals surface area contributed by atoms with E-state index in [9.17, 15) is 9.90 Å². The Morgan fingerprint density at radius 3 is 2.27 bits per heavy atom. The molecule has 0 radical (unpaired) electrons. The van der Waals surface area contributed by atoms with E-state index >= 15 is 0 Å². The second kappa shape index (κ2) is 5.02. The number of aryl methyl sites for hydroxylation is 4. The first kappa shape index (κ1) is 14.4. The van der Waals surface area contributed by atoms with Crippen LogP contribution in [0.15, 0.2) is 18.2 Å². The van der Waals surface area contributed by atoms with E-state index in [1.54, 1.807) is 0 Å². The van der Waals surface area contributed by atoms with Crippen molar-refractivity contribution < 1.29 is 9.90 Å². The smallest absolute Gasteiger partial charge is 0.257 e. The SMILES string of the molecule is Cc1cc(C)c2c(n1)NC(c1cc(C)c(O)c(C)c1)NC2=O. The topological polar surface area (TPSA) is 74.2 Å². The van der Waals surface area contributed by atoms with E-state index < -0.39 is 0 Å². The lowest BCUT2D eigenvalue weighted by Crippen LogP contribution is -2.39. The number of phenolic OH excluding ortho intramolecular Hbond substituents is 1. The number of amides is 1. The highest BCUT2D eigenvalue weighted by Crippen LogP contribution is 2.31. The minimum atomic E-state index is -0.355. The van der Waals surface area contributed by atoms with Crippen LogP contribution in [-0.2, 0) is 0 Å². The summed E-state index contributed by atoms with van der Waals surface area (Å²) in [5.74, 6) is 0.762. The van der Waals surface area contributed by atoms with Crippen molar-refractivity contribution in [2.45, 2.75) is 33.9 Å². The maximum atomic E-state index is 12.4. The molecule has 0 saturated carbocycles. The van der Waals surface area contributed by atoms with Crippen molar-refractivity contribution in [1.29, 1.82) is 0 Å². The molecule has 1 unspecified atom stereocenters. The van der Waals surface area contributed by atoms with Crippen molar-refractivity contribution in [2.75, 3.05) is 5.32 Å². The maximum absolute atomic E-state index is 12.4. The van der Waals surface area contributed by atoms with Crippen LogP contribution in [0.2, 0.25) is 0 Å². The van der Waals surface area contributed by atoms with Crippen molar-refractivity contribution >= 4 is 11.7 Å². The molecule has 1 aliphatic rings. The number of carbonyl (C=O) groups excluding carboxylic acids is 1. The van der Waals surface area contributed by atoms with Gasteiger partial charge < -0.3 is 15.7 Å². The summed E-state index contributed by atoms with van der Waals surface area (Å²) >= 11 is 0. The predicted molar refractivity (Wildman–Crippen MR) is 85.1 cm³/mol. The van der Waals surface area contributed by atoms with Crippen LogP contribution in [0.3, 0.4) is 0 Å². The molecule has 5 heteroatoms. The number of hydrogen-bond donors (Lipinski definition) is 3. The molecule has 1 amide bonds. The van der Waals surface area contributed by atoms with Crippen LogP contribution < -0.4 is 10.6 Å². The summed E-state index contributed by atoms with van der Waals surface area (Å²) < 4.78 is 0. The Labute approximate surface area is 129 Å². The fraction of sp³-hybridized carbons (Fsp3) is 0.294. The normalized spacial score (nSPS) is 16.7. The molecule has 0 bridgehead atoms. The average Bonchev–Trinajstić information content (AvgIpc) is 2.42. The number of nitrogens with one attached hydrogen (secondary N) is 2. The molecule has 5 nitrogen and oxygen atoms in total. The first-order chi connectivity index (χ1) is 10.4. The number of nitrogens with zero attached hydrogens (tertiary/aromatic N) is 1. The Morgan fingerprint density at radius 2 is 1.64 bits per heavy atom. The van der Waals surface area contributed by atoms with Crippen LogP contribution in [0.1, 0.15) is 44.5 Å². The highest BCUT2D eigenvalue weighted by molar-refractivity contribution is 6.02. The number of anilines is 1. The number of fused-ring (bicyclic) bond motifs is 1. The van der Waals surface area contributed by atoms with Crippen molar-refractivity contribution in [3.8, 4) is 5.75 Å². The van der Waals surface area contributed by atoms with Crippen LogP contribution in [0.4, 0.5) is 5.82 Å². The summed E-state index contributed by atoms with van der Waals surface area (Å²) in [7, 11) is 0. The van der Waals surface area contributed by atoms with Gasteiger partial charge in [-0.15, -0.1) is 0 Å². The van der Waals surface area contributed by atoms with Gasteiger partial charge in [-0.25, -0.2) is 4.98 Å². The monoisotopic (exact) mass is 297 g/mol. The van der Waals surface area contributed by atoms with E-state index in [2.05, 4.69) is 15.6 Å². The molecule has 0 aliphatic carbocycles. The molecule has 114 valence electrons. The zero-order valence-corrected chi connectivity index (χ0v) is 13.1. The molecular weight excluding hydrogens is 278 g/mol. The Hall–Kier alpha value is -2.56. The molecule has 1 aromatic heterocycles. The van der Waals surface area contributed by atoms with Crippen molar-refractivity contribution in [1.82, 2.24) is 10.3 Å². The molecule has 1 aromatic carbocycles. The minimum Gasteiger partial charge on any atom is -0.507 e. The maximum Gasteiger partial charge on any atom is 0.257 e. The summed E-state index contributed by atoms with van der Waals surface area (Å²) in [6.07, 6.45) is -0.355. The Morgan fingerprint density at radius 1 is 1.00 bits per heavy atom. The third-order valence-electron chi connectivity index (χ3n) is 3.97. The lowest BCUT2D eigenvalue weighted by atomic mass is 10.0. The van der Waals surface area contributed by atoms with Gasteiger partial charge in [0, 0.05) is 5.69 Å². The average molecular weight is 297 g/mol. The summed E-state index contributed by atoms with van der Waals surface area (Å²) in [6.45, 7) is 7.50. The molecule has 1 aliphatic heterocycles. The number of benzene rings is 1. The lowest BCUT2D eigenvalue weighted by Gasteiger charge is -2.29. The van der Waals surface area contributed by atoms with Crippen LogP contribution >= 0.6 is 0 Å². The number of hydrogen-bond acceptors (Lipinski definition) is 4. The number of rotatable bonds is 1. The molecule has 1 atom stereocenters. The van der Waals surface area contributed by atoms with Gasteiger partial charge in [0.1, 0.15) is 17.7 Å². The van der Waals surface area contributed by atoms with E-state index in [0.717, 1.165) is 27.9 Å². The van der Waals surface area contributed by atoms with E-state index in [1.165, 1.54) is 0 Å². The highest BCUT2D eigenvalue weighted by Gasteiger charge is 2.28. The largest absolute Gasteiger partial charge is 0.507 e. The predicted octanol–water partition coefficient (Wildman–Crippen LogP) is 2.87. The van der Waals surface area contributed by atoms with Crippen LogP contribution in [0.5, 0.6) is 5.75 Å². The zero-order valence-electron chi connectivity index (χ0n) is 13.1. The van der Waals surface area contributed by atoms with Gasteiger partial charge in [0.15, 0.2) is 0 Å². The summed E-state index contributed by atoms with van der Waals surface area (Å²) in [6, 6.07) is 5.64.